The Morgan fingerprint density at radius 3 is 1.71 bits per heavy atom. The highest BCUT2D eigenvalue weighted by atomic mass is 16.6. The van der Waals surface area contributed by atoms with Gasteiger partial charge in [-0.15, -0.1) is 0 Å². The third kappa shape index (κ3) is 6.09. The maximum atomic E-state index is 13.9. The van der Waals surface area contributed by atoms with Crippen LogP contribution in [0.2, 0.25) is 0 Å². The summed E-state index contributed by atoms with van der Waals surface area (Å²) in [6.07, 6.45) is 5.08. The summed E-state index contributed by atoms with van der Waals surface area (Å²) in [4.78, 5) is 32.5. The number of ketones is 2. The van der Waals surface area contributed by atoms with Crippen LogP contribution in [-0.4, -0.2) is 117 Å². The van der Waals surface area contributed by atoms with Gasteiger partial charge < -0.3 is 42.4 Å². The number of rotatable bonds is 10. The van der Waals surface area contributed by atoms with Crippen LogP contribution in [0.15, 0.2) is 93.4 Å². The molecular weight excluding hydrogens is 801 g/mol. The molecule has 0 saturated carbocycles. The minimum atomic E-state index is -1.15. The van der Waals surface area contributed by atoms with E-state index < -0.39 is 11.2 Å². The Labute approximate surface area is 357 Å². The number of fused-ring (bicyclic) bond motifs is 4. The Bertz CT molecular complexity index is 2220. The molecule has 0 radical (unpaired) electrons. The largest absolute Gasteiger partial charge is 0.498 e. The average molecular weight is 850 g/mol. The number of carbonyl (C=O) groups excluding carboxylic acids is 2. The molecule has 6 aliphatic heterocycles. The van der Waals surface area contributed by atoms with Gasteiger partial charge in [-0.05, 0) is 41.3 Å². The number of Topliss-reactive ketones (excluding diaryl/α,β-unsaturated/α-hetero) is 2. The molecule has 8 aliphatic rings. The summed E-state index contributed by atoms with van der Waals surface area (Å²) in [5.74, 6) is 2.38. The van der Waals surface area contributed by atoms with Gasteiger partial charge in [0.2, 0.25) is 17.3 Å². The van der Waals surface area contributed by atoms with Gasteiger partial charge in [0.15, 0.2) is 22.5 Å². The fourth-order valence-electron chi connectivity index (χ4n) is 11.0. The highest BCUT2D eigenvalue weighted by Gasteiger charge is 2.71. The monoisotopic (exact) mass is 849 g/mol. The van der Waals surface area contributed by atoms with Crippen LogP contribution in [-0.2, 0) is 41.6 Å². The Hall–Kier alpha value is -5.36. The van der Waals surface area contributed by atoms with Gasteiger partial charge in [0.05, 0.1) is 64.9 Å². The van der Waals surface area contributed by atoms with E-state index in [0.717, 1.165) is 50.1 Å². The molecule has 16 nitrogen and oxygen atoms in total. The second-order valence-corrected chi connectivity index (χ2v) is 16.8. The standard InChI is InChI=1S/2C23H24N2O6/c2*1-27-17-12-15-11-16-19(25-7-9-28-10-8-25)20-18(21(26)23(16,17)30-15)22(24-31-20)29-13-14-5-3-2-4-6-14/h2*2-6,12,15-16,19H,7-11,13H2,1H3/p+1/t15-,16?,19+,23+;15-,16?,19-,23+/m10/s1. The van der Waals surface area contributed by atoms with E-state index in [2.05, 4.69) is 20.1 Å². The minimum absolute atomic E-state index is 0.0860. The molecule has 12 rings (SSSR count). The van der Waals surface area contributed by atoms with E-state index in [-0.39, 0.29) is 53.6 Å². The zero-order valence-electron chi connectivity index (χ0n) is 34.6. The predicted octanol–water partition coefficient (Wildman–Crippen LogP) is 4.44. The van der Waals surface area contributed by atoms with Crippen molar-refractivity contribution in [1.29, 1.82) is 0 Å². The van der Waals surface area contributed by atoms with Gasteiger partial charge in [0, 0.05) is 43.2 Å². The van der Waals surface area contributed by atoms with Crippen LogP contribution in [0.3, 0.4) is 0 Å². The number of benzene rings is 2. The number of aromatic nitrogens is 2. The van der Waals surface area contributed by atoms with Gasteiger partial charge in [-0.2, -0.15) is 0 Å². The summed E-state index contributed by atoms with van der Waals surface area (Å²) in [6.45, 7) is 6.24. The zero-order valence-corrected chi connectivity index (χ0v) is 34.6. The number of nitrogens with zero attached hydrogens (tertiary/aromatic N) is 3. The number of hydrogen-bond donors (Lipinski definition) is 0. The smallest absolute Gasteiger partial charge is 0.424 e. The van der Waals surface area contributed by atoms with E-state index in [1.165, 1.54) is 0 Å². The molecule has 2 aliphatic carbocycles. The molecule has 4 fully saturated rings. The molecule has 0 amide bonds. The first kappa shape index (κ1) is 39.5. The van der Waals surface area contributed by atoms with Crippen LogP contribution >= 0.6 is 0 Å². The summed E-state index contributed by atoms with van der Waals surface area (Å²) < 4.78 is 58.8. The highest BCUT2D eigenvalue weighted by molar-refractivity contribution is 6.09. The van der Waals surface area contributed by atoms with E-state index in [9.17, 15) is 9.59 Å². The third-order valence-corrected chi connectivity index (χ3v) is 13.7. The molecule has 4 aromatic rings. The second-order valence-electron chi connectivity index (χ2n) is 16.8. The summed E-state index contributed by atoms with van der Waals surface area (Å²) in [6, 6.07) is 19.3. The molecule has 1 N–H and O–H groups in total. The number of nitrogens with one attached hydrogen (secondary N) is 1. The molecule has 4 saturated heterocycles. The van der Waals surface area contributed by atoms with Crippen molar-refractivity contribution in [2.75, 3.05) is 66.8 Å². The Morgan fingerprint density at radius 2 is 1.18 bits per heavy atom. The molecular formula is C46H49N4O12+. The fraction of sp³-hybridized carbons (Fsp3) is 0.478. The first-order valence-electron chi connectivity index (χ1n) is 21.4. The normalized spacial score (nSPS) is 31.8. The number of hydrogen-bond acceptors (Lipinski definition) is 15. The summed E-state index contributed by atoms with van der Waals surface area (Å²) in [5, 5.41) is 7.04. The number of methoxy groups -OCH3 is 2. The van der Waals surface area contributed by atoms with Crippen molar-refractivity contribution in [3.63, 3.8) is 0 Å². The van der Waals surface area contributed by atoms with E-state index in [4.69, 9.17) is 46.9 Å². The van der Waals surface area contributed by atoms with Gasteiger partial charge in [0.1, 0.15) is 30.3 Å². The maximum Gasteiger partial charge on any atom is 0.424 e. The third-order valence-electron chi connectivity index (χ3n) is 13.7. The van der Waals surface area contributed by atoms with Crippen molar-refractivity contribution in [2.24, 2.45) is 11.8 Å². The van der Waals surface area contributed by atoms with Gasteiger partial charge in [0.25, 0.3) is 5.88 Å². The molecule has 4 bridgehead atoms. The molecule has 8 atom stereocenters. The SMILES string of the molecule is COC1=C[C@@H]2CC3[C@H](N4CCOCC4)c4onc(OCc5ccccc5)c4C(=O)[C@]13O2.COC1=C[C@H]2CC3[C@H](N4CCOCC4)c4o[nH+]c(OCc5ccccc5)c4C(=O)[C@@]13O2. The summed E-state index contributed by atoms with van der Waals surface area (Å²) >= 11 is 0. The number of H-pyrrole nitrogens is 1. The second kappa shape index (κ2) is 15.8. The van der Waals surface area contributed by atoms with E-state index in [0.29, 0.717) is 79.7 Å². The van der Waals surface area contributed by atoms with Crippen LogP contribution < -0.4 is 14.6 Å². The lowest BCUT2D eigenvalue weighted by Crippen LogP contribution is -2.55. The quantitative estimate of drug-likeness (QED) is 0.220. The molecule has 16 heteroatoms. The van der Waals surface area contributed by atoms with E-state index >= 15 is 0 Å². The van der Waals surface area contributed by atoms with E-state index in [1.807, 2.05) is 72.8 Å². The number of morpholine rings is 2. The van der Waals surface area contributed by atoms with Gasteiger partial charge >= 0.3 is 5.88 Å². The lowest BCUT2D eigenvalue weighted by Gasteiger charge is -2.45. The van der Waals surface area contributed by atoms with Crippen LogP contribution in [0.25, 0.3) is 0 Å². The summed E-state index contributed by atoms with van der Waals surface area (Å²) in [5.41, 5.74) is 0.511. The topological polar surface area (TPSA) is 168 Å². The zero-order chi connectivity index (χ0) is 42.0. The minimum Gasteiger partial charge on any atom is -0.498 e. The van der Waals surface area contributed by atoms with Crippen LogP contribution in [0.4, 0.5) is 0 Å². The first-order chi connectivity index (χ1) is 30.4. The van der Waals surface area contributed by atoms with Crippen LogP contribution in [0, 0.1) is 11.8 Å². The molecule has 8 heterocycles. The van der Waals surface area contributed by atoms with Gasteiger partial charge in [-0.3, -0.25) is 19.4 Å². The average Bonchev–Trinajstić information content (AvgIpc) is 4.19. The van der Waals surface area contributed by atoms with E-state index in [1.54, 1.807) is 14.2 Å². The van der Waals surface area contributed by atoms with Crippen molar-refractivity contribution in [3.05, 3.63) is 118 Å². The molecule has 2 unspecified atom stereocenters. The predicted molar refractivity (Wildman–Crippen MR) is 214 cm³/mol. The van der Waals surface area contributed by atoms with Crippen molar-refractivity contribution >= 4 is 11.6 Å². The first-order valence-corrected chi connectivity index (χ1v) is 21.4. The lowest BCUT2D eigenvalue weighted by atomic mass is 9.67. The van der Waals surface area contributed by atoms with Crippen LogP contribution in [0.5, 0.6) is 11.8 Å². The van der Waals surface area contributed by atoms with Crippen molar-refractivity contribution in [1.82, 2.24) is 15.0 Å². The number of carbonyl (C=O) groups is 2. The van der Waals surface area contributed by atoms with Gasteiger partial charge in [-0.25, -0.2) is 4.52 Å². The fourth-order valence-corrected chi connectivity index (χ4v) is 11.0. The maximum absolute atomic E-state index is 13.9. The highest BCUT2D eigenvalue weighted by Crippen LogP contribution is 2.61. The molecule has 2 aromatic heterocycles. The molecule has 2 aromatic carbocycles. The van der Waals surface area contributed by atoms with Gasteiger partial charge in [-0.1, -0.05) is 60.7 Å². The van der Waals surface area contributed by atoms with Crippen molar-refractivity contribution in [3.8, 4) is 11.8 Å². The number of aromatic amines is 1. The Morgan fingerprint density at radius 1 is 0.677 bits per heavy atom. The van der Waals surface area contributed by atoms with Crippen molar-refractivity contribution in [2.45, 2.75) is 61.5 Å². The lowest BCUT2D eigenvalue weighted by molar-refractivity contribution is -0.617. The molecule has 324 valence electrons. The summed E-state index contributed by atoms with van der Waals surface area (Å²) in [7, 11) is 3.19. The van der Waals surface area contributed by atoms with Crippen molar-refractivity contribution < 1.29 is 61.7 Å². The molecule has 2 spiro atoms. The number of ether oxygens (including phenoxy) is 8. The Kier molecular flexibility index (Phi) is 10.0. The Balaban J connectivity index is 0.000000139. The molecule has 62 heavy (non-hydrogen) atoms. The van der Waals surface area contributed by atoms with Crippen LogP contribution in [0.1, 0.15) is 68.3 Å².